The molecule has 4 aromatic rings. The Kier molecular flexibility index (Phi) is 14.9. The van der Waals surface area contributed by atoms with Gasteiger partial charge in [0.15, 0.2) is 0 Å². The minimum Gasteiger partial charge on any atom is -0.492 e. The van der Waals surface area contributed by atoms with E-state index in [1.165, 1.54) is 18.9 Å². The highest BCUT2D eigenvalue weighted by atomic mass is 35.5. The van der Waals surface area contributed by atoms with Crippen LogP contribution in [0.3, 0.4) is 0 Å². The molecule has 5 rings (SSSR count). The van der Waals surface area contributed by atoms with E-state index < -0.39 is 54.7 Å². The molecule has 0 aromatic heterocycles. The third-order valence-corrected chi connectivity index (χ3v) is 9.44. The van der Waals surface area contributed by atoms with Crippen LogP contribution in [-0.4, -0.2) is 99.2 Å². The molecule has 4 aromatic carbocycles. The molecule has 1 heterocycles. The van der Waals surface area contributed by atoms with E-state index in [1.54, 1.807) is 72.8 Å². The van der Waals surface area contributed by atoms with E-state index in [0.29, 0.717) is 44.3 Å². The lowest BCUT2D eigenvalue weighted by Gasteiger charge is -2.29. The Morgan fingerprint density at radius 2 is 1.41 bits per heavy atom. The van der Waals surface area contributed by atoms with Crippen LogP contribution in [0.4, 0.5) is 0 Å². The van der Waals surface area contributed by atoms with Gasteiger partial charge in [-0.05, 0) is 77.7 Å². The van der Waals surface area contributed by atoms with E-state index in [1.807, 2.05) is 12.1 Å². The molecule has 2 atom stereocenters. The highest BCUT2D eigenvalue weighted by Crippen LogP contribution is 2.40. The molecule has 0 saturated carbocycles. The third kappa shape index (κ3) is 11.2. The van der Waals surface area contributed by atoms with Gasteiger partial charge in [-0.1, -0.05) is 48.0 Å². The fourth-order valence-corrected chi connectivity index (χ4v) is 6.38. The monoisotopic (exact) mass is 811 g/mol. The van der Waals surface area contributed by atoms with Gasteiger partial charge < -0.3 is 47.1 Å². The summed E-state index contributed by atoms with van der Waals surface area (Å²) >= 11 is 6.01. The lowest BCUT2D eigenvalue weighted by molar-refractivity contribution is -0.139. The first-order valence-corrected chi connectivity index (χ1v) is 18.9. The molecule has 0 radical (unpaired) electrons. The van der Waals surface area contributed by atoms with Crippen LogP contribution in [0.5, 0.6) is 11.5 Å². The first-order valence-electron chi connectivity index (χ1n) is 18.6. The van der Waals surface area contributed by atoms with Crippen LogP contribution < -0.4 is 42.2 Å². The second kappa shape index (κ2) is 20.2. The number of carbonyl (C=O) groups is 6. The molecule has 8 N–H and O–H groups in total. The number of ketones is 1. The summed E-state index contributed by atoms with van der Waals surface area (Å²) in [6, 6.07) is 21.8. The predicted octanol–water partition coefficient (Wildman–Crippen LogP) is 2.14. The second-order valence-electron chi connectivity index (χ2n) is 13.5. The summed E-state index contributed by atoms with van der Waals surface area (Å²) in [7, 11) is 1.41. The number of rotatable bonds is 14. The van der Waals surface area contributed by atoms with Crippen molar-refractivity contribution in [3.8, 4) is 33.8 Å². The summed E-state index contributed by atoms with van der Waals surface area (Å²) in [4.78, 5) is 80.3. The van der Waals surface area contributed by atoms with Crippen molar-refractivity contribution in [2.24, 2.45) is 11.5 Å². The van der Waals surface area contributed by atoms with Crippen LogP contribution in [-0.2, 0) is 30.4 Å². The SMILES string of the molecule is CC(=O)CNC(=O)C1Cc2ccc(OCCN)c(c2)-c2cc(ccc2OCCN)C(N(C)C(=O)CNC(=O)c2ccc(-c3ccc(Cl)cc3)cc2)C(=O)NCC(=O)N1. The van der Waals surface area contributed by atoms with Crippen LogP contribution in [0, 0.1) is 0 Å². The van der Waals surface area contributed by atoms with Crippen LogP contribution in [0.1, 0.15) is 34.5 Å². The molecule has 0 saturated heterocycles. The summed E-state index contributed by atoms with van der Waals surface area (Å²) < 4.78 is 12.1. The van der Waals surface area contributed by atoms with Crippen molar-refractivity contribution in [1.29, 1.82) is 0 Å². The van der Waals surface area contributed by atoms with Gasteiger partial charge in [-0.3, -0.25) is 28.8 Å². The lowest BCUT2D eigenvalue weighted by Crippen LogP contribution is -2.52. The van der Waals surface area contributed by atoms with Gasteiger partial charge in [-0.2, -0.15) is 0 Å². The Labute approximate surface area is 340 Å². The Bertz CT molecular complexity index is 2150. The number of nitrogens with zero attached hydrogens (tertiary/aromatic N) is 1. The van der Waals surface area contributed by atoms with Crippen molar-refractivity contribution < 1.29 is 38.2 Å². The quantitative estimate of drug-likeness (QED) is 0.109. The lowest BCUT2D eigenvalue weighted by atomic mass is 9.93. The van der Waals surface area contributed by atoms with E-state index in [-0.39, 0.29) is 45.1 Å². The zero-order chi connectivity index (χ0) is 41.8. The van der Waals surface area contributed by atoms with E-state index in [9.17, 15) is 28.8 Å². The second-order valence-corrected chi connectivity index (χ2v) is 13.9. The summed E-state index contributed by atoms with van der Waals surface area (Å²) in [5.41, 5.74) is 15.6. The third-order valence-electron chi connectivity index (χ3n) is 9.18. The molecule has 16 heteroatoms. The summed E-state index contributed by atoms with van der Waals surface area (Å²) in [6.45, 7) is 0.807. The maximum absolute atomic E-state index is 14.1. The summed E-state index contributed by atoms with van der Waals surface area (Å²) in [5, 5.41) is 11.0. The number of amides is 5. The van der Waals surface area contributed by atoms with E-state index in [4.69, 9.17) is 32.5 Å². The molecule has 0 aliphatic carbocycles. The molecular weight excluding hydrogens is 766 g/mol. The van der Waals surface area contributed by atoms with Gasteiger partial charge in [0.2, 0.25) is 23.6 Å². The number of hydrogen-bond donors (Lipinski definition) is 6. The first-order chi connectivity index (χ1) is 27.9. The minimum absolute atomic E-state index is 0.0182. The number of Topliss-reactive ketones (excluding diaryl/α,β-unsaturated/α-hetero) is 1. The predicted molar refractivity (Wildman–Crippen MR) is 218 cm³/mol. The number of benzene rings is 4. The fraction of sp³-hybridized carbons (Fsp3) is 0.286. The Morgan fingerprint density at radius 1 is 0.810 bits per heavy atom. The number of nitrogens with two attached hydrogens (primary N) is 2. The van der Waals surface area contributed by atoms with Crippen LogP contribution in [0.25, 0.3) is 22.3 Å². The number of halogens is 1. The van der Waals surface area contributed by atoms with Crippen LogP contribution >= 0.6 is 11.6 Å². The van der Waals surface area contributed by atoms with Crippen LogP contribution in [0.15, 0.2) is 84.9 Å². The topological polar surface area (TPSA) is 224 Å². The zero-order valence-corrected chi connectivity index (χ0v) is 32.9. The number of nitrogens with one attached hydrogen (secondary N) is 4. The molecule has 5 amide bonds. The zero-order valence-electron chi connectivity index (χ0n) is 32.1. The molecule has 4 bridgehead atoms. The molecule has 58 heavy (non-hydrogen) atoms. The smallest absolute Gasteiger partial charge is 0.251 e. The number of ether oxygens (including phenoxy) is 2. The summed E-state index contributed by atoms with van der Waals surface area (Å²) in [6.07, 6.45) is 0.0182. The van der Waals surface area contributed by atoms with Crippen molar-refractivity contribution in [2.75, 3.05) is 53.0 Å². The molecule has 15 nitrogen and oxygen atoms in total. The van der Waals surface area contributed by atoms with Crippen LogP contribution in [0.2, 0.25) is 5.02 Å². The molecule has 0 fully saturated rings. The van der Waals surface area contributed by atoms with Crippen molar-refractivity contribution in [2.45, 2.75) is 25.4 Å². The normalized spacial score (nSPS) is 15.2. The molecule has 1 aliphatic heterocycles. The van der Waals surface area contributed by atoms with Crippen molar-refractivity contribution in [3.05, 3.63) is 107 Å². The van der Waals surface area contributed by atoms with Crippen molar-refractivity contribution in [1.82, 2.24) is 26.2 Å². The summed E-state index contributed by atoms with van der Waals surface area (Å²) in [5.74, 6) is -2.62. The average Bonchev–Trinajstić information content (AvgIpc) is 3.22. The van der Waals surface area contributed by atoms with Gasteiger partial charge in [-0.25, -0.2) is 0 Å². The van der Waals surface area contributed by atoms with Crippen molar-refractivity contribution in [3.63, 3.8) is 0 Å². The Hall–Kier alpha value is -6.29. The molecular formula is C42H46ClN7O8. The molecule has 1 aliphatic rings. The number of likely N-dealkylation sites (N-methyl/N-ethyl adjacent to an activating group) is 1. The number of carbonyl (C=O) groups excluding carboxylic acids is 6. The van der Waals surface area contributed by atoms with Gasteiger partial charge in [-0.15, -0.1) is 0 Å². The van der Waals surface area contributed by atoms with E-state index in [0.717, 1.165) is 11.1 Å². The molecule has 2 unspecified atom stereocenters. The Morgan fingerprint density at radius 3 is 2.03 bits per heavy atom. The van der Waals surface area contributed by atoms with Gasteiger partial charge in [0.05, 0.1) is 19.6 Å². The number of hydrogen-bond acceptors (Lipinski definition) is 10. The number of fused-ring (bicyclic) bond motifs is 5. The highest BCUT2D eigenvalue weighted by molar-refractivity contribution is 6.30. The standard InChI is InChI=1S/C42H46ClN7O8/c1-25(51)22-46-41(55)34-20-26-3-13-35(57-17-15-44)32(19-26)33-21-30(10-14-36(33)58-18-16-45)39(42(56)47-23-37(52)49-34)50(2)38(53)24-48-40(54)29-6-4-27(5-7-29)28-8-11-31(43)12-9-28/h3-14,19,21,34,39H,15-18,20,22-24,44-45H2,1-2H3,(H,46,55)(H,47,56)(H,48,54)(H,49,52). The first kappa shape index (κ1) is 42.8. The van der Waals surface area contributed by atoms with Gasteiger partial charge >= 0.3 is 0 Å². The maximum atomic E-state index is 14.1. The maximum Gasteiger partial charge on any atom is 0.251 e. The van der Waals surface area contributed by atoms with E-state index >= 15 is 0 Å². The van der Waals surface area contributed by atoms with Gasteiger partial charge in [0.25, 0.3) is 5.91 Å². The van der Waals surface area contributed by atoms with E-state index in [2.05, 4.69) is 21.3 Å². The fourth-order valence-electron chi connectivity index (χ4n) is 6.26. The van der Waals surface area contributed by atoms with Gasteiger partial charge in [0.1, 0.15) is 42.6 Å². The highest BCUT2D eigenvalue weighted by Gasteiger charge is 2.32. The molecule has 0 spiro atoms. The van der Waals surface area contributed by atoms with Crippen molar-refractivity contribution >= 4 is 46.9 Å². The van der Waals surface area contributed by atoms with Gasteiger partial charge in [0, 0.05) is 48.3 Å². The molecule has 304 valence electrons. The average molecular weight is 812 g/mol. The largest absolute Gasteiger partial charge is 0.492 e. The Balaban J connectivity index is 1.48. The minimum atomic E-state index is -1.31.